The predicted molar refractivity (Wildman–Crippen MR) is 47.3 cm³/mol. The molecule has 0 aliphatic carbocycles. The van der Waals surface area contributed by atoms with Crippen LogP contribution in [0.15, 0.2) is 0 Å². The molecular formula is C8H20O4. The second kappa shape index (κ2) is 17.1. The maximum Gasteiger partial charge on any atom is 0.0697 e. The Morgan fingerprint density at radius 3 is 1.67 bits per heavy atom. The third-order valence-electron chi connectivity index (χ3n) is 0.931. The van der Waals surface area contributed by atoms with E-state index >= 15 is 0 Å². The van der Waals surface area contributed by atoms with Crippen molar-refractivity contribution in [2.24, 2.45) is 0 Å². The molecule has 12 heavy (non-hydrogen) atoms. The quantitative estimate of drug-likeness (QED) is 0.597. The van der Waals surface area contributed by atoms with Crippen molar-refractivity contribution in [3.63, 3.8) is 0 Å². The first kappa shape index (κ1) is 14.4. The summed E-state index contributed by atoms with van der Waals surface area (Å²) in [5.41, 5.74) is 0. The van der Waals surface area contributed by atoms with E-state index in [2.05, 4.69) is 9.47 Å². The molecule has 0 rings (SSSR count). The maximum absolute atomic E-state index is 8.07. The van der Waals surface area contributed by atoms with Gasteiger partial charge in [0.25, 0.3) is 0 Å². The summed E-state index contributed by atoms with van der Waals surface area (Å²) >= 11 is 0. The van der Waals surface area contributed by atoms with Gasteiger partial charge in [0.1, 0.15) is 0 Å². The van der Waals surface area contributed by atoms with E-state index in [4.69, 9.17) is 9.84 Å². The Kier molecular flexibility index (Phi) is 20.4. The lowest BCUT2D eigenvalue weighted by Gasteiger charge is -1.91. The molecule has 0 bridgehead atoms. The number of rotatable bonds is 6. The molecule has 0 aliphatic rings. The third-order valence-corrected chi connectivity index (χ3v) is 0.931. The van der Waals surface area contributed by atoms with Crippen LogP contribution in [0.1, 0.15) is 6.92 Å². The highest BCUT2D eigenvalue weighted by molar-refractivity contribution is 4.18. The summed E-state index contributed by atoms with van der Waals surface area (Å²) in [6, 6.07) is 0. The molecule has 0 saturated carbocycles. The normalized spacial score (nSPS) is 9.00. The molecule has 4 heteroatoms. The fourth-order valence-corrected chi connectivity index (χ4v) is 0.376. The molecular weight excluding hydrogens is 160 g/mol. The highest BCUT2D eigenvalue weighted by atomic mass is 16.5. The molecule has 0 aromatic heterocycles. The Morgan fingerprint density at radius 1 is 1.00 bits per heavy atom. The topological polar surface area (TPSA) is 47.9 Å². The molecule has 4 nitrogen and oxygen atoms in total. The smallest absolute Gasteiger partial charge is 0.0697 e. The third kappa shape index (κ3) is 22.5. The van der Waals surface area contributed by atoms with Gasteiger partial charge in [0.15, 0.2) is 0 Å². The van der Waals surface area contributed by atoms with Crippen molar-refractivity contribution in [1.29, 1.82) is 0 Å². The number of aliphatic hydroxyl groups excluding tert-OH is 1. The summed E-state index contributed by atoms with van der Waals surface area (Å²) < 4.78 is 14.0. The fourth-order valence-electron chi connectivity index (χ4n) is 0.376. The van der Waals surface area contributed by atoms with E-state index in [9.17, 15) is 0 Å². The van der Waals surface area contributed by atoms with Gasteiger partial charge < -0.3 is 19.3 Å². The molecule has 0 atom stereocenters. The fraction of sp³-hybridized carbons (Fsp3) is 1.00. The van der Waals surface area contributed by atoms with Gasteiger partial charge in [0, 0.05) is 20.8 Å². The van der Waals surface area contributed by atoms with E-state index in [0.29, 0.717) is 26.4 Å². The van der Waals surface area contributed by atoms with Crippen molar-refractivity contribution in [3.8, 4) is 0 Å². The number of hydrogen-bond acceptors (Lipinski definition) is 4. The molecule has 0 spiro atoms. The van der Waals surface area contributed by atoms with Crippen LogP contribution in [-0.4, -0.2) is 52.4 Å². The standard InChI is InChI=1S/2C4H10O2/c1-5-3-4-6-2;1-2-6-4-3-5/h3-4H2,1-2H3;5H,2-4H2,1H3. The Labute approximate surface area is 74.4 Å². The SMILES string of the molecule is CCOCCO.COCCOC. The summed E-state index contributed by atoms with van der Waals surface area (Å²) in [4.78, 5) is 0. The van der Waals surface area contributed by atoms with E-state index < -0.39 is 0 Å². The van der Waals surface area contributed by atoms with Crippen molar-refractivity contribution in [2.45, 2.75) is 6.92 Å². The van der Waals surface area contributed by atoms with Crippen LogP contribution >= 0.6 is 0 Å². The zero-order valence-corrected chi connectivity index (χ0v) is 8.21. The number of hydrogen-bond donors (Lipinski definition) is 1. The minimum absolute atomic E-state index is 0.133. The first-order valence-electron chi connectivity index (χ1n) is 3.99. The van der Waals surface area contributed by atoms with Gasteiger partial charge in [-0.1, -0.05) is 0 Å². The Bertz CT molecular complexity index is 43.0. The predicted octanol–water partition coefficient (Wildman–Crippen LogP) is 0.294. The average molecular weight is 180 g/mol. The molecule has 0 amide bonds. The lowest BCUT2D eigenvalue weighted by Crippen LogP contribution is -1.96. The van der Waals surface area contributed by atoms with E-state index in [0.717, 1.165) is 0 Å². The van der Waals surface area contributed by atoms with E-state index in [1.807, 2.05) is 6.92 Å². The highest BCUT2D eigenvalue weighted by Crippen LogP contribution is 1.66. The zero-order valence-electron chi connectivity index (χ0n) is 8.21. The Balaban J connectivity index is 0. The van der Waals surface area contributed by atoms with Crippen molar-refractivity contribution in [3.05, 3.63) is 0 Å². The molecule has 76 valence electrons. The van der Waals surface area contributed by atoms with Gasteiger partial charge in [-0.15, -0.1) is 0 Å². The van der Waals surface area contributed by atoms with Gasteiger partial charge in [-0.3, -0.25) is 0 Å². The maximum atomic E-state index is 8.07. The first-order chi connectivity index (χ1) is 5.83. The highest BCUT2D eigenvalue weighted by Gasteiger charge is 1.74. The molecule has 0 heterocycles. The van der Waals surface area contributed by atoms with E-state index in [-0.39, 0.29) is 6.61 Å². The molecule has 0 unspecified atom stereocenters. The summed E-state index contributed by atoms with van der Waals surface area (Å²) in [6.07, 6.45) is 0. The lowest BCUT2D eigenvalue weighted by molar-refractivity contribution is 0.102. The van der Waals surface area contributed by atoms with Gasteiger partial charge in [0.2, 0.25) is 0 Å². The number of aliphatic hydroxyl groups is 1. The van der Waals surface area contributed by atoms with Gasteiger partial charge in [-0.2, -0.15) is 0 Å². The van der Waals surface area contributed by atoms with Crippen LogP contribution in [0.25, 0.3) is 0 Å². The van der Waals surface area contributed by atoms with Crippen LogP contribution in [0.4, 0.5) is 0 Å². The summed E-state index contributed by atoms with van der Waals surface area (Å²) in [6.45, 7) is 4.58. The largest absolute Gasteiger partial charge is 0.394 e. The molecule has 1 N–H and O–H groups in total. The van der Waals surface area contributed by atoms with Crippen molar-refractivity contribution >= 4 is 0 Å². The lowest BCUT2D eigenvalue weighted by atomic mass is 10.8. The minimum atomic E-state index is 0.133. The minimum Gasteiger partial charge on any atom is -0.394 e. The molecule has 0 aliphatic heterocycles. The van der Waals surface area contributed by atoms with Crippen LogP contribution < -0.4 is 0 Å². The molecule has 0 aromatic carbocycles. The van der Waals surface area contributed by atoms with Gasteiger partial charge in [-0.25, -0.2) is 0 Å². The number of methoxy groups -OCH3 is 2. The second-order valence-corrected chi connectivity index (χ2v) is 1.91. The van der Waals surface area contributed by atoms with Crippen LogP contribution in [0, 0.1) is 0 Å². The van der Waals surface area contributed by atoms with Crippen LogP contribution in [0.5, 0.6) is 0 Å². The molecule has 0 fully saturated rings. The monoisotopic (exact) mass is 180 g/mol. The molecule has 0 radical (unpaired) electrons. The average Bonchev–Trinajstić information content (AvgIpc) is 2.12. The first-order valence-corrected chi connectivity index (χ1v) is 3.99. The Morgan fingerprint density at radius 2 is 1.50 bits per heavy atom. The van der Waals surface area contributed by atoms with Crippen LogP contribution in [-0.2, 0) is 14.2 Å². The zero-order chi connectivity index (χ0) is 9.66. The summed E-state index contributed by atoms with van der Waals surface area (Å²) in [5.74, 6) is 0. The number of ether oxygens (including phenoxy) is 3. The van der Waals surface area contributed by atoms with Crippen LogP contribution in [0.3, 0.4) is 0 Å². The van der Waals surface area contributed by atoms with E-state index in [1.165, 1.54) is 0 Å². The van der Waals surface area contributed by atoms with Gasteiger partial charge >= 0.3 is 0 Å². The van der Waals surface area contributed by atoms with Crippen molar-refractivity contribution < 1.29 is 19.3 Å². The molecule has 0 saturated heterocycles. The second-order valence-electron chi connectivity index (χ2n) is 1.91. The van der Waals surface area contributed by atoms with Gasteiger partial charge in [-0.05, 0) is 6.92 Å². The van der Waals surface area contributed by atoms with Crippen LogP contribution in [0.2, 0.25) is 0 Å². The van der Waals surface area contributed by atoms with Crippen molar-refractivity contribution in [2.75, 3.05) is 47.3 Å². The summed E-state index contributed by atoms with van der Waals surface area (Å²) in [5, 5.41) is 8.07. The van der Waals surface area contributed by atoms with Crippen molar-refractivity contribution in [1.82, 2.24) is 0 Å². The Hall–Kier alpha value is -0.160. The summed E-state index contributed by atoms with van der Waals surface area (Å²) in [7, 11) is 3.30. The molecule has 0 aromatic rings. The van der Waals surface area contributed by atoms with E-state index in [1.54, 1.807) is 14.2 Å². The van der Waals surface area contributed by atoms with Gasteiger partial charge in [0.05, 0.1) is 26.4 Å².